The first-order valence-electron chi connectivity index (χ1n) is 3.51. The van der Waals surface area contributed by atoms with Crippen molar-refractivity contribution in [2.24, 2.45) is 0 Å². The number of pyridine rings is 1. The largest absolute Gasteiger partial charge is 0.255 e. The summed E-state index contributed by atoms with van der Waals surface area (Å²) in [5.74, 6) is 0. The lowest BCUT2D eigenvalue weighted by Gasteiger charge is -2.00. The van der Waals surface area contributed by atoms with Crippen LogP contribution in [0.5, 0.6) is 0 Å². The number of rotatable bonds is 0. The molecule has 2 rings (SSSR count). The lowest BCUT2D eigenvalue weighted by Crippen LogP contribution is -1.82. The predicted molar refractivity (Wildman–Crippen MR) is 61.7 cm³/mol. The average molecular weight is 287 g/mol. The van der Waals surface area contributed by atoms with Crippen molar-refractivity contribution in [2.45, 2.75) is 4.90 Å². The topological polar surface area (TPSA) is 12.9 Å². The van der Waals surface area contributed by atoms with Crippen LogP contribution in [0.4, 0.5) is 0 Å². The van der Waals surface area contributed by atoms with Crippen LogP contribution in [0.25, 0.3) is 10.9 Å². The molecule has 0 saturated heterocycles. The van der Waals surface area contributed by atoms with Crippen molar-refractivity contribution >= 4 is 46.1 Å². The molecule has 0 bridgehead atoms. The van der Waals surface area contributed by atoms with Crippen LogP contribution in [0.3, 0.4) is 0 Å². The fourth-order valence-corrected chi connectivity index (χ4v) is 1.99. The molecule has 0 amide bonds. The van der Waals surface area contributed by atoms with E-state index in [1.807, 2.05) is 18.2 Å². The zero-order valence-corrected chi connectivity index (χ0v) is 9.21. The lowest BCUT2D eigenvalue weighted by atomic mass is 10.2. The molecule has 1 aromatic carbocycles. The summed E-state index contributed by atoms with van der Waals surface area (Å²) in [5.41, 5.74) is 0.979. The molecule has 2 aromatic rings. The summed E-state index contributed by atoms with van der Waals surface area (Å²) in [6.07, 6.45) is 1.79. The minimum Gasteiger partial charge on any atom is -0.255 e. The van der Waals surface area contributed by atoms with E-state index in [-0.39, 0.29) is 0 Å². The van der Waals surface area contributed by atoms with Gasteiger partial charge in [-0.3, -0.25) is 4.98 Å². The second-order valence-electron chi connectivity index (χ2n) is 2.47. The van der Waals surface area contributed by atoms with Gasteiger partial charge in [-0.25, -0.2) is 0 Å². The van der Waals surface area contributed by atoms with E-state index in [0.29, 0.717) is 0 Å². The maximum absolute atomic E-state index is 4.33. The molecule has 1 aromatic heterocycles. The Morgan fingerprint density at radius 2 is 2.08 bits per heavy atom. The third-order valence-corrected chi connectivity index (χ3v) is 3.00. The summed E-state index contributed by atoms with van der Waals surface area (Å²) in [5, 5.41) is 1.17. The highest BCUT2D eigenvalue weighted by atomic mass is 127. The first-order valence-corrected chi connectivity index (χ1v) is 5.04. The van der Waals surface area contributed by atoms with E-state index in [4.69, 9.17) is 0 Å². The summed E-state index contributed by atoms with van der Waals surface area (Å²) in [4.78, 5) is 5.20. The van der Waals surface area contributed by atoms with Crippen molar-refractivity contribution in [1.29, 1.82) is 0 Å². The molecule has 0 N–H and O–H groups in total. The molecule has 0 aliphatic heterocycles. The van der Waals surface area contributed by atoms with Crippen LogP contribution in [0.2, 0.25) is 0 Å². The van der Waals surface area contributed by atoms with Crippen LogP contribution in [-0.2, 0) is 0 Å². The van der Waals surface area contributed by atoms with Crippen LogP contribution in [0, 0.1) is 3.57 Å². The lowest BCUT2D eigenvalue weighted by molar-refractivity contribution is 1.35. The normalized spacial score (nSPS) is 10.5. The van der Waals surface area contributed by atoms with Crippen LogP contribution in [0.1, 0.15) is 0 Å². The third kappa shape index (κ3) is 1.31. The van der Waals surface area contributed by atoms with E-state index in [1.165, 1.54) is 8.96 Å². The molecule has 12 heavy (non-hydrogen) atoms. The summed E-state index contributed by atoms with van der Waals surface area (Å²) in [7, 11) is 0. The van der Waals surface area contributed by atoms with Gasteiger partial charge in [-0.05, 0) is 40.8 Å². The van der Waals surface area contributed by atoms with Crippen molar-refractivity contribution in [3.8, 4) is 0 Å². The van der Waals surface area contributed by atoms with Crippen molar-refractivity contribution in [2.75, 3.05) is 0 Å². The number of benzene rings is 1. The van der Waals surface area contributed by atoms with Crippen molar-refractivity contribution in [3.63, 3.8) is 0 Å². The number of hydrogen-bond acceptors (Lipinski definition) is 2. The Morgan fingerprint density at radius 1 is 1.25 bits per heavy atom. The Bertz CT molecular complexity index is 387. The molecule has 0 unspecified atom stereocenters. The van der Waals surface area contributed by atoms with Crippen LogP contribution in [-0.4, -0.2) is 4.98 Å². The van der Waals surface area contributed by atoms with E-state index >= 15 is 0 Å². The Labute approximate surface area is 89.7 Å². The zero-order chi connectivity index (χ0) is 8.55. The number of halogens is 1. The Morgan fingerprint density at radius 3 is 2.83 bits per heavy atom. The van der Waals surface area contributed by atoms with Gasteiger partial charge in [-0.2, -0.15) is 0 Å². The van der Waals surface area contributed by atoms with E-state index in [9.17, 15) is 0 Å². The average Bonchev–Trinajstić information content (AvgIpc) is 2.12. The number of fused-ring (bicyclic) bond motifs is 1. The van der Waals surface area contributed by atoms with Gasteiger partial charge >= 0.3 is 0 Å². The Kier molecular flexibility index (Phi) is 2.23. The van der Waals surface area contributed by atoms with E-state index in [1.54, 1.807) is 6.20 Å². The summed E-state index contributed by atoms with van der Waals surface area (Å²) < 4.78 is 1.22. The molecule has 0 radical (unpaired) electrons. The standard InChI is InChI=1S/C9H6INS/c10-7-3-4-8(12)9-6(7)2-1-5-11-9/h1-5,12H. The van der Waals surface area contributed by atoms with Gasteiger partial charge in [-0.15, -0.1) is 12.6 Å². The monoisotopic (exact) mass is 287 g/mol. The van der Waals surface area contributed by atoms with Gasteiger partial charge in [0.2, 0.25) is 0 Å². The van der Waals surface area contributed by atoms with Crippen molar-refractivity contribution in [3.05, 3.63) is 34.0 Å². The quantitative estimate of drug-likeness (QED) is 0.580. The second kappa shape index (κ2) is 3.22. The smallest absolute Gasteiger partial charge is 0.0845 e. The molecule has 0 spiro atoms. The molecule has 0 saturated carbocycles. The fourth-order valence-electron chi connectivity index (χ4n) is 1.12. The minimum atomic E-state index is 0.936. The van der Waals surface area contributed by atoms with Crippen LogP contribution in [0.15, 0.2) is 35.4 Å². The van der Waals surface area contributed by atoms with E-state index in [2.05, 4.69) is 46.3 Å². The van der Waals surface area contributed by atoms with Gasteiger partial charge in [-0.1, -0.05) is 6.07 Å². The first-order chi connectivity index (χ1) is 5.79. The minimum absolute atomic E-state index is 0.936. The highest BCUT2D eigenvalue weighted by molar-refractivity contribution is 14.1. The van der Waals surface area contributed by atoms with Gasteiger partial charge in [0, 0.05) is 20.0 Å². The van der Waals surface area contributed by atoms with Crippen LogP contribution >= 0.6 is 35.2 Å². The first kappa shape index (κ1) is 8.31. The summed E-state index contributed by atoms with van der Waals surface area (Å²) in [6, 6.07) is 8.02. The van der Waals surface area contributed by atoms with Crippen molar-refractivity contribution < 1.29 is 0 Å². The maximum Gasteiger partial charge on any atom is 0.0845 e. The molecule has 0 fully saturated rings. The Balaban J connectivity index is 2.95. The molecule has 1 heterocycles. The number of hydrogen-bond donors (Lipinski definition) is 1. The van der Waals surface area contributed by atoms with Crippen LogP contribution < -0.4 is 0 Å². The fraction of sp³-hybridized carbons (Fsp3) is 0. The zero-order valence-electron chi connectivity index (χ0n) is 6.16. The molecule has 0 aliphatic rings. The van der Waals surface area contributed by atoms with E-state index in [0.717, 1.165) is 10.4 Å². The van der Waals surface area contributed by atoms with Gasteiger partial charge in [0.1, 0.15) is 0 Å². The molecule has 3 heteroatoms. The van der Waals surface area contributed by atoms with Gasteiger partial charge in [0.05, 0.1) is 5.52 Å². The highest BCUT2D eigenvalue weighted by Crippen LogP contribution is 2.23. The molecule has 0 atom stereocenters. The van der Waals surface area contributed by atoms with Gasteiger partial charge in [0.15, 0.2) is 0 Å². The SMILES string of the molecule is Sc1ccc(I)c2cccnc12. The number of aromatic nitrogens is 1. The molecular weight excluding hydrogens is 281 g/mol. The highest BCUT2D eigenvalue weighted by Gasteiger charge is 2.00. The molecular formula is C9H6INS. The predicted octanol–water partition coefficient (Wildman–Crippen LogP) is 3.13. The number of nitrogens with zero attached hydrogens (tertiary/aromatic N) is 1. The summed E-state index contributed by atoms with van der Waals surface area (Å²) >= 11 is 6.63. The maximum atomic E-state index is 4.33. The van der Waals surface area contributed by atoms with Crippen molar-refractivity contribution in [1.82, 2.24) is 4.98 Å². The van der Waals surface area contributed by atoms with Gasteiger partial charge in [0.25, 0.3) is 0 Å². The third-order valence-electron chi connectivity index (χ3n) is 1.70. The Hall–Kier alpha value is -0.290. The number of thiol groups is 1. The van der Waals surface area contributed by atoms with Gasteiger partial charge < -0.3 is 0 Å². The van der Waals surface area contributed by atoms with E-state index < -0.39 is 0 Å². The molecule has 0 aliphatic carbocycles. The molecule has 60 valence electrons. The second-order valence-corrected chi connectivity index (χ2v) is 4.11. The summed E-state index contributed by atoms with van der Waals surface area (Å²) in [6.45, 7) is 0. The molecule has 1 nitrogen and oxygen atoms in total.